The average Bonchev–Trinajstić information content (AvgIpc) is 3.07. The highest BCUT2D eigenvalue weighted by atomic mass is 16.5. The number of esters is 1. The number of carbonyl (C=O) groups excluding carboxylic acids is 2. The van der Waals surface area contributed by atoms with E-state index in [1.54, 1.807) is 23.7 Å². The zero-order chi connectivity index (χ0) is 20.1. The topological polar surface area (TPSA) is 73.2 Å². The second kappa shape index (κ2) is 8.52. The Balaban J connectivity index is 1.88. The molecule has 6 heteroatoms. The lowest BCUT2D eigenvalue weighted by Crippen LogP contribution is -2.16. The lowest BCUT2D eigenvalue weighted by atomic mass is 10.1. The number of nitrogens with one attached hydrogen (secondary N) is 1. The first-order valence-electron chi connectivity index (χ1n) is 9.00. The van der Waals surface area contributed by atoms with E-state index in [-0.39, 0.29) is 18.2 Å². The monoisotopic (exact) mass is 376 g/mol. The van der Waals surface area contributed by atoms with E-state index in [2.05, 4.69) is 17.3 Å². The van der Waals surface area contributed by atoms with Crippen molar-refractivity contribution in [1.29, 1.82) is 0 Å². The molecule has 1 heterocycles. The Kier molecular flexibility index (Phi) is 5.89. The van der Waals surface area contributed by atoms with Crippen molar-refractivity contribution in [3.8, 4) is 0 Å². The van der Waals surface area contributed by atoms with Crippen LogP contribution in [0.3, 0.4) is 0 Å². The quantitative estimate of drug-likeness (QED) is 0.663. The van der Waals surface area contributed by atoms with Crippen LogP contribution in [-0.2, 0) is 11.3 Å². The third-order valence-corrected chi connectivity index (χ3v) is 4.18. The second-order valence-electron chi connectivity index (χ2n) is 6.43. The molecule has 0 unspecified atom stereocenters. The van der Waals surface area contributed by atoms with Gasteiger partial charge in [-0.05, 0) is 44.0 Å². The van der Waals surface area contributed by atoms with E-state index >= 15 is 0 Å². The molecular weight excluding hydrogens is 354 g/mol. The van der Waals surface area contributed by atoms with Gasteiger partial charge in [0.1, 0.15) is 5.82 Å². The molecule has 3 aromatic rings. The zero-order valence-corrected chi connectivity index (χ0v) is 15.9. The van der Waals surface area contributed by atoms with Gasteiger partial charge in [-0.2, -0.15) is 5.10 Å². The van der Waals surface area contributed by atoms with Gasteiger partial charge in [-0.1, -0.05) is 42.0 Å². The molecule has 2 aromatic carbocycles. The largest absolute Gasteiger partial charge is 0.461 e. The molecule has 0 saturated carbocycles. The molecule has 0 atom stereocenters. The molecule has 1 N–H and O–H groups in total. The number of carbonyl (C=O) groups is 2. The van der Waals surface area contributed by atoms with E-state index in [4.69, 9.17) is 4.74 Å². The van der Waals surface area contributed by atoms with E-state index in [1.807, 2.05) is 43.3 Å². The van der Waals surface area contributed by atoms with E-state index in [0.29, 0.717) is 17.9 Å². The minimum Gasteiger partial charge on any atom is -0.461 e. The minimum atomic E-state index is -0.528. The summed E-state index contributed by atoms with van der Waals surface area (Å²) in [4.78, 5) is 24.7. The van der Waals surface area contributed by atoms with Gasteiger partial charge in [0, 0.05) is 11.6 Å². The maximum absolute atomic E-state index is 12.6. The predicted octanol–water partition coefficient (Wildman–Crippen LogP) is 3.85. The van der Waals surface area contributed by atoms with Gasteiger partial charge in [-0.25, -0.2) is 9.48 Å². The van der Waals surface area contributed by atoms with Gasteiger partial charge in [0.05, 0.1) is 13.2 Å². The summed E-state index contributed by atoms with van der Waals surface area (Å²) >= 11 is 0. The number of amides is 1. The number of benzene rings is 2. The molecule has 0 aliphatic rings. The summed E-state index contributed by atoms with van der Waals surface area (Å²) in [6.07, 6.45) is 0. The van der Waals surface area contributed by atoms with Crippen molar-refractivity contribution in [2.45, 2.75) is 20.4 Å². The summed E-state index contributed by atoms with van der Waals surface area (Å²) < 4.78 is 6.61. The minimum absolute atomic E-state index is 0.148. The fourth-order valence-corrected chi connectivity index (χ4v) is 2.65. The van der Waals surface area contributed by atoms with Crippen LogP contribution in [0.25, 0.3) is 0 Å². The summed E-state index contributed by atoms with van der Waals surface area (Å²) in [7, 11) is 0. The van der Waals surface area contributed by atoms with Gasteiger partial charge < -0.3 is 10.1 Å². The number of aryl methyl sites for hydroxylation is 1. The van der Waals surface area contributed by atoms with Crippen LogP contribution < -0.4 is 5.32 Å². The number of hydrogen-bond acceptors (Lipinski definition) is 4. The van der Waals surface area contributed by atoms with Crippen LogP contribution in [0.1, 0.15) is 44.5 Å². The number of nitrogens with zero attached hydrogens (tertiary/aromatic N) is 2. The highest BCUT2D eigenvalue weighted by molar-refractivity contribution is 6.04. The zero-order valence-electron chi connectivity index (χ0n) is 15.9. The van der Waals surface area contributed by atoms with Gasteiger partial charge in [0.25, 0.3) is 5.91 Å². The Labute approximate surface area is 164 Å². The van der Waals surface area contributed by atoms with Crippen LogP contribution in [0.4, 0.5) is 5.82 Å². The highest BCUT2D eigenvalue weighted by Crippen LogP contribution is 2.16. The molecule has 6 nitrogen and oxygen atoms in total. The number of aromatic nitrogens is 2. The van der Waals surface area contributed by atoms with Crippen LogP contribution in [0, 0.1) is 13.8 Å². The first-order valence-corrected chi connectivity index (χ1v) is 9.00. The normalized spacial score (nSPS) is 10.5. The van der Waals surface area contributed by atoms with Crippen LogP contribution in [-0.4, -0.2) is 28.3 Å². The molecule has 0 aliphatic heterocycles. The van der Waals surface area contributed by atoms with Crippen LogP contribution in [0.2, 0.25) is 0 Å². The summed E-state index contributed by atoms with van der Waals surface area (Å²) in [6.45, 7) is 8.21. The van der Waals surface area contributed by atoms with E-state index < -0.39 is 5.97 Å². The predicted molar refractivity (Wildman–Crippen MR) is 107 cm³/mol. The van der Waals surface area contributed by atoms with E-state index in [0.717, 1.165) is 16.7 Å². The lowest BCUT2D eigenvalue weighted by Gasteiger charge is -2.09. The van der Waals surface area contributed by atoms with Gasteiger partial charge in [0.15, 0.2) is 5.69 Å². The SMILES string of the molecule is [CH2]c1ccc(Cn2nc(C(=O)OCC)cc2NC(=O)c2ccc(C)cc2)cc1. The summed E-state index contributed by atoms with van der Waals surface area (Å²) in [6, 6.07) is 16.4. The van der Waals surface area contributed by atoms with Crippen molar-refractivity contribution >= 4 is 17.7 Å². The maximum atomic E-state index is 12.6. The van der Waals surface area contributed by atoms with Gasteiger partial charge >= 0.3 is 5.97 Å². The van der Waals surface area contributed by atoms with Crippen molar-refractivity contribution in [2.24, 2.45) is 0 Å². The van der Waals surface area contributed by atoms with Crippen LogP contribution >= 0.6 is 0 Å². The third kappa shape index (κ3) is 4.65. The average molecular weight is 376 g/mol. The molecule has 1 amide bonds. The molecule has 0 fully saturated rings. The van der Waals surface area contributed by atoms with Crippen molar-refractivity contribution in [1.82, 2.24) is 9.78 Å². The third-order valence-electron chi connectivity index (χ3n) is 4.18. The molecule has 0 bridgehead atoms. The molecule has 0 aliphatic carbocycles. The number of anilines is 1. The van der Waals surface area contributed by atoms with Gasteiger partial charge in [-0.15, -0.1) is 0 Å². The fraction of sp³-hybridized carbons (Fsp3) is 0.182. The molecule has 1 aromatic heterocycles. The lowest BCUT2D eigenvalue weighted by molar-refractivity contribution is 0.0518. The Morgan fingerprint density at radius 3 is 2.43 bits per heavy atom. The molecule has 1 radical (unpaired) electrons. The van der Waals surface area contributed by atoms with E-state index in [9.17, 15) is 9.59 Å². The summed E-state index contributed by atoms with van der Waals surface area (Å²) in [5, 5.41) is 7.16. The number of rotatable bonds is 6. The molecular formula is C22H22N3O3. The van der Waals surface area contributed by atoms with Crippen LogP contribution in [0.5, 0.6) is 0 Å². The standard InChI is InChI=1S/C22H22N3O3/c1-4-28-22(27)19-13-20(23-21(26)18-11-7-16(3)8-12-18)25(24-19)14-17-9-5-15(2)6-10-17/h5-13H,2,4,14H2,1,3H3,(H,23,26). The Bertz CT molecular complexity index is 973. The van der Waals surface area contributed by atoms with Crippen molar-refractivity contribution in [2.75, 3.05) is 11.9 Å². The van der Waals surface area contributed by atoms with Crippen molar-refractivity contribution < 1.29 is 14.3 Å². The second-order valence-corrected chi connectivity index (χ2v) is 6.43. The van der Waals surface area contributed by atoms with Crippen molar-refractivity contribution in [3.63, 3.8) is 0 Å². The first-order chi connectivity index (χ1) is 13.5. The van der Waals surface area contributed by atoms with E-state index in [1.165, 1.54) is 6.07 Å². The Morgan fingerprint density at radius 1 is 1.11 bits per heavy atom. The maximum Gasteiger partial charge on any atom is 0.358 e. The molecule has 3 rings (SSSR count). The molecule has 0 saturated heterocycles. The van der Waals surface area contributed by atoms with Gasteiger partial charge in [0.2, 0.25) is 0 Å². The Morgan fingerprint density at radius 2 is 1.79 bits per heavy atom. The van der Waals surface area contributed by atoms with Gasteiger partial charge in [-0.3, -0.25) is 4.79 Å². The van der Waals surface area contributed by atoms with Crippen LogP contribution in [0.15, 0.2) is 54.6 Å². The summed E-state index contributed by atoms with van der Waals surface area (Å²) in [5.41, 5.74) is 3.62. The molecule has 143 valence electrons. The molecule has 0 spiro atoms. The first kappa shape index (κ1) is 19.4. The molecule has 28 heavy (non-hydrogen) atoms. The Hall–Kier alpha value is -3.41. The summed E-state index contributed by atoms with van der Waals surface area (Å²) in [5.74, 6) is -0.378. The number of ether oxygens (including phenoxy) is 1. The van der Waals surface area contributed by atoms with Crippen molar-refractivity contribution in [3.05, 3.63) is 89.5 Å². The number of hydrogen-bond donors (Lipinski definition) is 1. The highest BCUT2D eigenvalue weighted by Gasteiger charge is 2.18. The fourth-order valence-electron chi connectivity index (χ4n) is 2.65. The smallest absolute Gasteiger partial charge is 0.358 e.